The van der Waals surface area contributed by atoms with E-state index in [2.05, 4.69) is 5.32 Å². The minimum atomic E-state index is -5.83. The van der Waals surface area contributed by atoms with Crippen molar-refractivity contribution in [2.24, 2.45) is 0 Å². The van der Waals surface area contributed by atoms with Gasteiger partial charge >= 0.3 is 18.0 Å². The lowest BCUT2D eigenvalue weighted by Crippen LogP contribution is -2.53. The van der Waals surface area contributed by atoms with Gasteiger partial charge in [0.25, 0.3) is 0 Å². The molecule has 0 radical (unpaired) electrons. The Hall–Kier alpha value is -0.920. The Balaban J connectivity index is 2.09. The molecule has 3 nitrogen and oxygen atoms in total. The Labute approximate surface area is 100 Å². The van der Waals surface area contributed by atoms with Gasteiger partial charge in [0.1, 0.15) is 0 Å². The van der Waals surface area contributed by atoms with Crippen molar-refractivity contribution >= 4 is 5.91 Å². The molecule has 2 unspecified atom stereocenters. The summed E-state index contributed by atoms with van der Waals surface area (Å²) in [6.45, 7) is -0.139. The fourth-order valence-corrected chi connectivity index (χ4v) is 2.45. The SMILES string of the molecule is O=C(N1CCC2CCC(C1)N2)C(F)(F)C(F)(F)F. The summed E-state index contributed by atoms with van der Waals surface area (Å²) in [6.07, 6.45) is -3.84. The molecule has 18 heavy (non-hydrogen) atoms. The van der Waals surface area contributed by atoms with E-state index in [0.29, 0.717) is 17.7 Å². The van der Waals surface area contributed by atoms with E-state index in [4.69, 9.17) is 0 Å². The lowest BCUT2D eigenvalue weighted by atomic mass is 10.1. The molecule has 2 aliphatic heterocycles. The fourth-order valence-electron chi connectivity index (χ4n) is 2.45. The summed E-state index contributed by atoms with van der Waals surface area (Å²) in [5.41, 5.74) is 0. The molecule has 0 aromatic rings. The zero-order valence-corrected chi connectivity index (χ0v) is 9.44. The number of nitrogens with zero attached hydrogens (tertiary/aromatic N) is 1. The van der Waals surface area contributed by atoms with Gasteiger partial charge in [0.2, 0.25) is 0 Å². The highest BCUT2D eigenvalue weighted by molar-refractivity contribution is 5.84. The second-order valence-corrected chi connectivity index (χ2v) is 4.75. The summed E-state index contributed by atoms with van der Waals surface area (Å²) in [7, 11) is 0. The van der Waals surface area contributed by atoms with Crippen LogP contribution in [0, 0.1) is 0 Å². The zero-order valence-electron chi connectivity index (χ0n) is 9.44. The lowest BCUT2D eigenvalue weighted by molar-refractivity contribution is -0.274. The molecule has 1 amide bonds. The minimum Gasteiger partial charge on any atom is -0.336 e. The number of halogens is 5. The molecule has 0 saturated carbocycles. The molecule has 2 atom stereocenters. The number of alkyl halides is 5. The van der Waals surface area contributed by atoms with E-state index in [1.807, 2.05) is 0 Å². The van der Waals surface area contributed by atoms with Crippen molar-refractivity contribution in [1.29, 1.82) is 0 Å². The third-order valence-corrected chi connectivity index (χ3v) is 3.44. The molecule has 0 aromatic heterocycles. The van der Waals surface area contributed by atoms with Crippen molar-refractivity contribution in [3.8, 4) is 0 Å². The summed E-state index contributed by atoms with van der Waals surface area (Å²) < 4.78 is 62.2. The van der Waals surface area contributed by atoms with Gasteiger partial charge in [-0.05, 0) is 19.3 Å². The summed E-state index contributed by atoms with van der Waals surface area (Å²) in [6, 6.07) is -0.0576. The summed E-state index contributed by atoms with van der Waals surface area (Å²) in [5.74, 6) is -7.43. The van der Waals surface area contributed by atoms with Crippen LogP contribution >= 0.6 is 0 Å². The quantitative estimate of drug-likeness (QED) is 0.734. The summed E-state index contributed by atoms with van der Waals surface area (Å²) in [4.78, 5) is 12.0. The number of fused-ring (bicyclic) bond motifs is 2. The van der Waals surface area contributed by atoms with Gasteiger partial charge in [-0.25, -0.2) is 0 Å². The molecule has 0 aromatic carbocycles. The molecule has 0 aliphatic carbocycles. The molecule has 2 saturated heterocycles. The molecule has 2 bridgehead atoms. The van der Waals surface area contributed by atoms with E-state index >= 15 is 0 Å². The van der Waals surface area contributed by atoms with Crippen molar-refractivity contribution in [3.05, 3.63) is 0 Å². The highest BCUT2D eigenvalue weighted by Gasteiger charge is 2.64. The van der Waals surface area contributed by atoms with E-state index in [1.54, 1.807) is 0 Å². The number of rotatable bonds is 1. The molecule has 2 heterocycles. The highest BCUT2D eigenvalue weighted by atomic mass is 19.4. The smallest absolute Gasteiger partial charge is 0.336 e. The van der Waals surface area contributed by atoms with Crippen molar-refractivity contribution in [1.82, 2.24) is 10.2 Å². The Morgan fingerprint density at radius 1 is 1.06 bits per heavy atom. The molecule has 2 aliphatic rings. The molecule has 2 fully saturated rings. The normalized spacial score (nSPS) is 29.3. The molecular formula is C10H13F5N2O. The Bertz CT molecular complexity index is 344. The maximum atomic E-state index is 12.9. The fraction of sp³-hybridized carbons (Fsp3) is 0.900. The van der Waals surface area contributed by atoms with Gasteiger partial charge < -0.3 is 10.2 Å². The standard InChI is InChI=1S/C10H13F5N2O/c11-9(12,10(13,14)15)8(18)17-4-3-6-1-2-7(5-17)16-6/h6-7,16H,1-5H2. The average Bonchev–Trinajstić information content (AvgIpc) is 2.56. The van der Waals surface area contributed by atoms with E-state index in [0.717, 1.165) is 6.42 Å². The Morgan fingerprint density at radius 3 is 2.28 bits per heavy atom. The van der Waals surface area contributed by atoms with E-state index in [1.165, 1.54) is 0 Å². The van der Waals surface area contributed by atoms with Gasteiger partial charge in [-0.1, -0.05) is 0 Å². The van der Waals surface area contributed by atoms with Crippen LogP contribution in [0.3, 0.4) is 0 Å². The second kappa shape index (κ2) is 4.32. The van der Waals surface area contributed by atoms with Gasteiger partial charge in [-0.15, -0.1) is 0 Å². The first-order valence-corrected chi connectivity index (χ1v) is 5.72. The Kier molecular flexibility index (Phi) is 3.25. The van der Waals surface area contributed by atoms with Gasteiger partial charge in [0.15, 0.2) is 0 Å². The summed E-state index contributed by atoms with van der Waals surface area (Å²) >= 11 is 0. The number of carbonyl (C=O) groups is 1. The molecule has 0 spiro atoms. The first-order valence-electron chi connectivity index (χ1n) is 5.72. The minimum absolute atomic E-state index is 0.0569. The van der Waals surface area contributed by atoms with Gasteiger partial charge in [0.05, 0.1) is 0 Å². The summed E-state index contributed by atoms with van der Waals surface area (Å²) in [5, 5.41) is 3.11. The van der Waals surface area contributed by atoms with E-state index in [9.17, 15) is 26.7 Å². The van der Waals surface area contributed by atoms with E-state index < -0.39 is 18.0 Å². The van der Waals surface area contributed by atoms with Crippen molar-refractivity contribution in [2.75, 3.05) is 13.1 Å². The number of amides is 1. The third-order valence-electron chi connectivity index (χ3n) is 3.44. The average molecular weight is 272 g/mol. The molecule has 2 rings (SSSR count). The lowest BCUT2D eigenvalue weighted by Gasteiger charge is -2.29. The van der Waals surface area contributed by atoms with Gasteiger partial charge in [-0.2, -0.15) is 22.0 Å². The molecular weight excluding hydrogens is 259 g/mol. The Morgan fingerprint density at radius 2 is 1.67 bits per heavy atom. The number of nitrogens with one attached hydrogen (secondary N) is 1. The van der Waals surface area contributed by atoms with Gasteiger partial charge in [-0.3, -0.25) is 4.79 Å². The third kappa shape index (κ3) is 2.30. The van der Waals surface area contributed by atoms with Crippen LogP contribution < -0.4 is 5.32 Å². The van der Waals surface area contributed by atoms with Crippen LogP contribution in [0.4, 0.5) is 22.0 Å². The van der Waals surface area contributed by atoms with Crippen molar-refractivity contribution < 1.29 is 26.7 Å². The van der Waals surface area contributed by atoms with Crippen LogP contribution in [0.25, 0.3) is 0 Å². The number of hydrogen-bond acceptors (Lipinski definition) is 2. The van der Waals surface area contributed by atoms with Gasteiger partial charge in [0, 0.05) is 25.2 Å². The van der Waals surface area contributed by atoms with Crippen molar-refractivity contribution in [2.45, 2.75) is 43.4 Å². The molecule has 1 N–H and O–H groups in total. The predicted octanol–water partition coefficient (Wildman–Crippen LogP) is 1.54. The van der Waals surface area contributed by atoms with Crippen LogP contribution in [-0.2, 0) is 4.79 Å². The zero-order chi connectivity index (χ0) is 13.6. The van der Waals surface area contributed by atoms with Crippen LogP contribution in [0.1, 0.15) is 19.3 Å². The largest absolute Gasteiger partial charge is 0.463 e. The highest BCUT2D eigenvalue weighted by Crippen LogP contribution is 2.37. The topological polar surface area (TPSA) is 32.3 Å². The first-order chi connectivity index (χ1) is 8.22. The van der Waals surface area contributed by atoms with Crippen LogP contribution in [0.2, 0.25) is 0 Å². The number of carbonyl (C=O) groups excluding carboxylic acids is 1. The van der Waals surface area contributed by atoms with Crippen LogP contribution in [0.5, 0.6) is 0 Å². The molecule has 8 heteroatoms. The maximum absolute atomic E-state index is 12.9. The van der Waals surface area contributed by atoms with Crippen molar-refractivity contribution in [3.63, 3.8) is 0 Å². The maximum Gasteiger partial charge on any atom is 0.463 e. The first kappa shape index (κ1) is 13.5. The number of hydrogen-bond donors (Lipinski definition) is 1. The second-order valence-electron chi connectivity index (χ2n) is 4.75. The number of likely N-dealkylation sites (tertiary alicyclic amines) is 1. The molecule has 104 valence electrons. The van der Waals surface area contributed by atoms with Crippen LogP contribution in [0.15, 0.2) is 0 Å². The predicted molar refractivity (Wildman–Crippen MR) is 52.1 cm³/mol. The van der Waals surface area contributed by atoms with E-state index in [-0.39, 0.29) is 25.2 Å². The monoisotopic (exact) mass is 272 g/mol. The van der Waals surface area contributed by atoms with Crippen LogP contribution in [-0.4, -0.2) is 48.1 Å².